The van der Waals surface area contributed by atoms with Gasteiger partial charge in [-0.3, -0.25) is 9.69 Å². The van der Waals surface area contributed by atoms with Crippen LogP contribution < -0.4 is 5.32 Å². The number of nitrogens with one attached hydrogen (secondary N) is 1. The minimum atomic E-state index is -0.0489. The van der Waals surface area contributed by atoms with Crippen molar-refractivity contribution in [2.24, 2.45) is 57.2 Å². The van der Waals surface area contributed by atoms with Gasteiger partial charge < -0.3 is 15.2 Å². The molecule has 2 aliphatic heterocycles. The third-order valence-corrected chi connectivity index (χ3v) is 17.5. The number of nitrogens with zero attached hydrogens (tertiary/aromatic N) is 1. The van der Waals surface area contributed by atoms with E-state index < -0.39 is 0 Å². The monoisotopic (exact) mass is 624 g/mol. The number of carbonyl (C=O) groups is 1. The van der Waals surface area contributed by atoms with Crippen molar-refractivity contribution in [3.05, 3.63) is 41.5 Å². The van der Waals surface area contributed by atoms with Crippen LogP contribution in [0.5, 0.6) is 0 Å². The van der Waals surface area contributed by atoms with Crippen LogP contribution in [-0.4, -0.2) is 59.4 Å². The predicted molar refractivity (Wildman–Crippen MR) is 179 cm³/mol. The Labute approximate surface area is 276 Å². The number of allylic oxidation sites excluding steroid dienone is 1. The van der Waals surface area contributed by atoms with E-state index in [1.165, 1.54) is 57.8 Å². The number of ether oxygens (including phenoxy) is 1. The molecule has 0 bridgehead atoms. The number of hydrogen-bond donors (Lipinski definition) is 2. The van der Waals surface area contributed by atoms with E-state index in [0.29, 0.717) is 52.2 Å². The number of piperidine rings is 1. The van der Waals surface area contributed by atoms with Gasteiger partial charge in [-0.1, -0.05) is 44.2 Å². The van der Waals surface area contributed by atoms with E-state index in [1.54, 1.807) is 0 Å². The van der Waals surface area contributed by atoms with Crippen LogP contribution in [0.2, 0.25) is 0 Å². The molecule has 2 N–H and O–H groups in total. The Bertz CT molecular complexity index is 1510. The van der Waals surface area contributed by atoms with Gasteiger partial charge in [0, 0.05) is 42.6 Å². The second-order valence-electron chi connectivity index (χ2n) is 18.7. The lowest BCUT2D eigenvalue weighted by Gasteiger charge is -2.60. The van der Waals surface area contributed by atoms with Crippen LogP contribution in [0.25, 0.3) is 5.57 Å². The zero-order chi connectivity index (χ0) is 31.4. The molecule has 4 unspecified atom stereocenters. The quantitative estimate of drug-likeness (QED) is 0.352. The highest BCUT2D eigenvalue weighted by molar-refractivity contribution is 6.00. The minimum Gasteiger partial charge on any atom is -0.393 e. The molecular weight excluding hydrogens is 568 g/mol. The van der Waals surface area contributed by atoms with Gasteiger partial charge in [-0.15, -0.1) is 0 Å². The van der Waals surface area contributed by atoms with Crippen molar-refractivity contribution in [1.29, 1.82) is 0 Å². The lowest BCUT2D eigenvalue weighted by molar-refractivity contribution is -0.211. The van der Waals surface area contributed by atoms with Crippen molar-refractivity contribution < 1.29 is 14.6 Å². The molecule has 0 aromatic heterocycles. The van der Waals surface area contributed by atoms with Gasteiger partial charge in [0.05, 0.1) is 17.8 Å². The third kappa shape index (κ3) is 3.37. The van der Waals surface area contributed by atoms with E-state index >= 15 is 0 Å². The van der Waals surface area contributed by atoms with Crippen LogP contribution in [0.1, 0.15) is 104 Å². The SMILES string of the molecule is C/C(C(=O)NCCN1C[C@@H](C)C[C@H]2O[C@@]34CC[C@H]5[C@@H]6CC7CC78C[C@@H](O)CC[C@]8(C)[C@H]6CC56CC63C[C@@H]4[C@@H]21)=C(\C)c1ccccc1. The molecule has 1 amide bonds. The molecule has 14 atom stereocenters. The maximum atomic E-state index is 13.2. The summed E-state index contributed by atoms with van der Waals surface area (Å²) < 4.78 is 7.51. The molecule has 248 valence electrons. The van der Waals surface area contributed by atoms with Crippen molar-refractivity contribution >= 4 is 11.5 Å². The summed E-state index contributed by atoms with van der Waals surface area (Å²) in [5.41, 5.74) is 5.03. The number of benzene rings is 1. The minimum absolute atomic E-state index is 0.0489. The van der Waals surface area contributed by atoms with Crippen molar-refractivity contribution in [3.63, 3.8) is 0 Å². The van der Waals surface area contributed by atoms with Gasteiger partial charge in [0.1, 0.15) is 0 Å². The fraction of sp³-hybridized carbons (Fsp3) is 0.780. The summed E-state index contributed by atoms with van der Waals surface area (Å²) >= 11 is 0. The highest BCUT2D eigenvalue weighted by Crippen LogP contribution is 2.95. The van der Waals surface area contributed by atoms with Crippen LogP contribution in [0.15, 0.2) is 35.9 Å². The second kappa shape index (κ2) is 9.30. The molecule has 5 nitrogen and oxygen atoms in total. The molecule has 1 aromatic carbocycles. The smallest absolute Gasteiger partial charge is 0.247 e. The summed E-state index contributed by atoms with van der Waals surface area (Å²) in [5, 5.41) is 14.0. The summed E-state index contributed by atoms with van der Waals surface area (Å²) in [6.45, 7) is 11.9. The summed E-state index contributed by atoms with van der Waals surface area (Å²) in [5.74, 6) is 5.00. The predicted octanol–water partition coefficient (Wildman–Crippen LogP) is 6.85. The molecule has 2 heterocycles. The Kier molecular flexibility index (Phi) is 5.91. The number of aliphatic hydroxyl groups is 1. The van der Waals surface area contributed by atoms with Crippen molar-refractivity contribution in [2.45, 2.75) is 122 Å². The number of carbonyl (C=O) groups excluding carboxylic acids is 1. The number of rotatable bonds is 5. The first-order valence-electron chi connectivity index (χ1n) is 19.2. The van der Waals surface area contributed by atoms with Crippen LogP contribution in [0, 0.1) is 57.2 Å². The number of fused-ring (bicyclic) bond motifs is 5. The molecule has 4 spiro atoms. The average Bonchev–Trinajstić information content (AvgIpc) is 3.87. The largest absolute Gasteiger partial charge is 0.393 e. The molecule has 5 heteroatoms. The maximum absolute atomic E-state index is 13.2. The molecule has 7 saturated carbocycles. The summed E-state index contributed by atoms with van der Waals surface area (Å²) in [4.78, 5) is 15.9. The van der Waals surface area contributed by atoms with Gasteiger partial charge in [0.15, 0.2) is 0 Å². The van der Waals surface area contributed by atoms with Gasteiger partial charge in [-0.25, -0.2) is 0 Å². The molecule has 2 saturated heterocycles. The highest BCUT2D eigenvalue weighted by atomic mass is 16.5. The van der Waals surface area contributed by atoms with Crippen molar-refractivity contribution in [1.82, 2.24) is 10.2 Å². The van der Waals surface area contributed by atoms with Crippen LogP contribution >= 0.6 is 0 Å². The third-order valence-electron chi connectivity index (χ3n) is 17.5. The first-order chi connectivity index (χ1) is 22.1. The highest BCUT2D eigenvalue weighted by Gasteiger charge is 2.92. The van der Waals surface area contributed by atoms with Gasteiger partial charge in [-0.05, 0) is 141 Å². The first kappa shape index (κ1) is 29.2. The molecule has 9 aliphatic rings. The molecule has 10 rings (SSSR count). The first-order valence-corrected chi connectivity index (χ1v) is 19.2. The van der Waals surface area contributed by atoms with Gasteiger partial charge in [0.25, 0.3) is 0 Å². The molecular formula is C41H56N2O3. The Morgan fingerprint density at radius 2 is 1.83 bits per heavy atom. The summed E-state index contributed by atoms with van der Waals surface area (Å²) in [7, 11) is 0. The fourth-order valence-corrected chi connectivity index (χ4v) is 15.4. The average molecular weight is 625 g/mol. The molecule has 7 aliphatic carbocycles. The Balaban J connectivity index is 0.859. The number of aliphatic hydroxyl groups excluding tert-OH is 1. The Morgan fingerprint density at radius 1 is 1.00 bits per heavy atom. The topological polar surface area (TPSA) is 61.8 Å². The van der Waals surface area contributed by atoms with E-state index in [2.05, 4.69) is 43.1 Å². The Morgan fingerprint density at radius 3 is 2.65 bits per heavy atom. The second-order valence-corrected chi connectivity index (χ2v) is 18.7. The lowest BCUT2D eigenvalue weighted by atomic mass is 9.47. The van der Waals surface area contributed by atoms with E-state index in [4.69, 9.17) is 4.74 Å². The Hall–Kier alpha value is -1.69. The maximum Gasteiger partial charge on any atom is 0.247 e. The summed E-state index contributed by atoms with van der Waals surface area (Å²) in [6, 6.07) is 10.8. The number of likely N-dealkylation sites (tertiary alicyclic amines) is 1. The van der Waals surface area contributed by atoms with Gasteiger partial charge in [0.2, 0.25) is 5.91 Å². The standard InChI is InChI=1S/C41H56N2O3/c1-24-16-34-35(43(22-24)15-14-42-36(45)26(3)25(2)27-8-6-5-7-9-27)33-21-40-23-39(40)20-32-30(31(39)11-13-41(33,40)46-34)17-28-18-38(28)19-29(44)10-12-37(32,38)4/h5-9,24,28-35,44H,10-23H2,1-4H3,(H,42,45)/b26-25-/t24-,28?,29-,30-,31-,32-,33+,34+,35-,37+,38?,39?,40?,41+/m0/s1. The zero-order valence-electron chi connectivity index (χ0n) is 28.7. The molecule has 46 heavy (non-hydrogen) atoms. The molecule has 9 fully saturated rings. The van der Waals surface area contributed by atoms with Crippen LogP contribution in [-0.2, 0) is 9.53 Å². The van der Waals surface area contributed by atoms with Gasteiger partial charge in [-0.2, -0.15) is 0 Å². The van der Waals surface area contributed by atoms with E-state index in [0.717, 1.165) is 66.3 Å². The van der Waals surface area contributed by atoms with Gasteiger partial charge >= 0.3 is 0 Å². The van der Waals surface area contributed by atoms with E-state index in [9.17, 15) is 9.90 Å². The van der Waals surface area contributed by atoms with E-state index in [1.807, 2.05) is 25.1 Å². The van der Waals surface area contributed by atoms with Crippen molar-refractivity contribution in [2.75, 3.05) is 19.6 Å². The number of hydrogen-bond acceptors (Lipinski definition) is 4. The lowest BCUT2D eigenvalue weighted by Crippen LogP contribution is -2.64. The molecule has 0 radical (unpaired) electrons. The van der Waals surface area contributed by atoms with Crippen LogP contribution in [0.3, 0.4) is 0 Å². The normalized spacial score (nSPS) is 54.2. The van der Waals surface area contributed by atoms with Crippen molar-refractivity contribution in [3.8, 4) is 0 Å². The zero-order valence-corrected chi connectivity index (χ0v) is 28.7. The van der Waals surface area contributed by atoms with E-state index in [-0.39, 0.29) is 17.6 Å². The summed E-state index contributed by atoms with van der Waals surface area (Å²) in [6.07, 6.45) is 14.8. The molecule has 1 aromatic rings. The fourth-order valence-electron chi connectivity index (χ4n) is 15.4. The van der Waals surface area contributed by atoms with Crippen LogP contribution in [0.4, 0.5) is 0 Å². The number of amides is 1.